The Labute approximate surface area is 115 Å². The quantitative estimate of drug-likeness (QED) is 0.727. The minimum atomic E-state index is 0.0202. The lowest BCUT2D eigenvalue weighted by atomic mass is 10.2. The first-order chi connectivity index (χ1) is 8.74. The van der Waals surface area contributed by atoms with E-state index < -0.39 is 0 Å². The Morgan fingerprint density at radius 3 is 2.67 bits per heavy atom. The topological polar surface area (TPSA) is 29.1 Å². The van der Waals surface area contributed by atoms with E-state index in [4.69, 9.17) is 0 Å². The molecule has 100 valence electrons. The first-order valence-electron chi connectivity index (χ1n) is 6.67. The molecule has 3 heteroatoms. The summed E-state index contributed by atoms with van der Waals surface area (Å²) in [6.07, 6.45) is 3.46. The first-order valence-corrected chi connectivity index (χ1v) is 7.72. The number of carbonyl (C=O) groups excluding carboxylic acids is 1. The van der Waals surface area contributed by atoms with Gasteiger partial charge in [0.15, 0.2) is 0 Å². The van der Waals surface area contributed by atoms with E-state index in [0.29, 0.717) is 0 Å². The Hall–Kier alpha value is -0.960. The van der Waals surface area contributed by atoms with Gasteiger partial charge in [-0.3, -0.25) is 4.79 Å². The lowest BCUT2D eigenvalue weighted by molar-refractivity contribution is -0.120. The molecule has 1 aromatic carbocycles. The van der Waals surface area contributed by atoms with E-state index in [-0.39, 0.29) is 11.2 Å². The van der Waals surface area contributed by atoms with Gasteiger partial charge < -0.3 is 5.32 Å². The van der Waals surface area contributed by atoms with Crippen LogP contribution in [0.5, 0.6) is 0 Å². The first kappa shape index (κ1) is 15.1. The lowest BCUT2D eigenvalue weighted by Gasteiger charge is -2.11. The molecule has 0 aliphatic heterocycles. The van der Waals surface area contributed by atoms with Crippen LogP contribution in [0.3, 0.4) is 0 Å². The maximum absolute atomic E-state index is 11.8. The smallest absolute Gasteiger partial charge is 0.232 e. The molecule has 1 atom stereocenters. The molecule has 1 aromatic rings. The molecule has 1 N–H and O–H groups in total. The summed E-state index contributed by atoms with van der Waals surface area (Å²) in [6, 6.07) is 10.3. The molecule has 1 rings (SSSR count). The van der Waals surface area contributed by atoms with Crippen LogP contribution in [-0.2, 0) is 10.5 Å². The summed E-state index contributed by atoms with van der Waals surface area (Å²) in [5.41, 5.74) is 1.27. The van der Waals surface area contributed by atoms with Crippen molar-refractivity contribution in [3.05, 3.63) is 35.9 Å². The summed E-state index contributed by atoms with van der Waals surface area (Å²) in [6.45, 7) is 4.95. The number of carbonyl (C=O) groups is 1. The molecule has 0 radical (unpaired) electrons. The van der Waals surface area contributed by atoms with Gasteiger partial charge in [0.2, 0.25) is 5.91 Å². The summed E-state index contributed by atoms with van der Waals surface area (Å²) in [4.78, 5) is 11.8. The molecule has 0 aromatic heterocycles. The highest BCUT2D eigenvalue weighted by Gasteiger charge is 2.12. The number of unbranched alkanes of at least 4 members (excludes halogenated alkanes) is 2. The van der Waals surface area contributed by atoms with Gasteiger partial charge in [0.25, 0.3) is 0 Å². The highest BCUT2D eigenvalue weighted by atomic mass is 32.2. The minimum absolute atomic E-state index is 0.0202. The summed E-state index contributed by atoms with van der Waals surface area (Å²) in [5, 5.41) is 3.01. The van der Waals surface area contributed by atoms with Crippen LogP contribution < -0.4 is 5.32 Å². The summed E-state index contributed by atoms with van der Waals surface area (Å²) in [5.74, 6) is 1.05. The minimum Gasteiger partial charge on any atom is -0.355 e. The maximum atomic E-state index is 11.8. The van der Waals surface area contributed by atoms with Crippen LogP contribution in [0.4, 0.5) is 0 Å². The average Bonchev–Trinajstić information content (AvgIpc) is 2.42. The molecule has 18 heavy (non-hydrogen) atoms. The molecule has 0 unspecified atom stereocenters. The second-order valence-electron chi connectivity index (χ2n) is 4.44. The summed E-state index contributed by atoms with van der Waals surface area (Å²) >= 11 is 1.69. The second kappa shape index (κ2) is 9.03. The van der Waals surface area contributed by atoms with Crippen LogP contribution >= 0.6 is 11.8 Å². The van der Waals surface area contributed by atoms with Crippen molar-refractivity contribution in [2.45, 2.75) is 44.1 Å². The molecule has 2 nitrogen and oxygen atoms in total. The van der Waals surface area contributed by atoms with E-state index in [1.165, 1.54) is 18.4 Å². The van der Waals surface area contributed by atoms with Crippen molar-refractivity contribution in [3.63, 3.8) is 0 Å². The van der Waals surface area contributed by atoms with E-state index in [2.05, 4.69) is 24.4 Å². The molecule has 0 saturated heterocycles. The van der Waals surface area contributed by atoms with Crippen LogP contribution in [0.25, 0.3) is 0 Å². The Kier molecular flexibility index (Phi) is 7.58. The van der Waals surface area contributed by atoms with E-state index >= 15 is 0 Å². The third-order valence-corrected chi connectivity index (χ3v) is 4.01. The number of hydrogen-bond acceptors (Lipinski definition) is 2. The van der Waals surface area contributed by atoms with Gasteiger partial charge in [-0.1, -0.05) is 50.1 Å². The Balaban J connectivity index is 2.19. The van der Waals surface area contributed by atoms with Gasteiger partial charge in [0.1, 0.15) is 0 Å². The van der Waals surface area contributed by atoms with E-state index in [1.54, 1.807) is 11.8 Å². The fraction of sp³-hybridized carbons (Fsp3) is 0.533. The fourth-order valence-electron chi connectivity index (χ4n) is 1.60. The van der Waals surface area contributed by atoms with Crippen molar-refractivity contribution in [1.29, 1.82) is 0 Å². The summed E-state index contributed by atoms with van der Waals surface area (Å²) in [7, 11) is 0. The van der Waals surface area contributed by atoms with Crippen LogP contribution in [-0.4, -0.2) is 17.7 Å². The number of nitrogens with one attached hydrogen (secondary N) is 1. The molecule has 0 fully saturated rings. The Morgan fingerprint density at radius 1 is 1.28 bits per heavy atom. The zero-order valence-corrected chi connectivity index (χ0v) is 12.1. The molecule has 0 aliphatic rings. The van der Waals surface area contributed by atoms with Gasteiger partial charge in [-0.05, 0) is 18.9 Å². The van der Waals surface area contributed by atoms with Gasteiger partial charge in [-0.2, -0.15) is 0 Å². The van der Waals surface area contributed by atoms with E-state index in [9.17, 15) is 4.79 Å². The monoisotopic (exact) mass is 265 g/mol. The van der Waals surface area contributed by atoms with Crippen molar-refractivity contribution in [2.75, 3.05) is 6.54 Å². The van der Waals surface area contributed by atoms with Crippen LogP contribution in [0.15, 0.2) is 30.3 Å². The number of benzene rings is 1. The van der Waals surface area contributed by atoms with Crippen LogP contribution in [0.1, 0.15) is 38.7 Å². The standard InChI is InChI=1S/C15H23NOS/c1-3-4-8-11-16-15(17)13(2)18-12-14-9-6-5-7-10-14/h5-7,9-10,13H,3-4,8,11-12H2,1-2H3,(H,16,17)/t13-/m1/s1. The van der Waals surface area contributed by atoms with Crippen molar-refractivity contribution >= 4 is 17.7 Å². The normalized spacial score (nSPS) is 12.1. The van der Waals surface area contributed by atoms with E-state index in [0.717, 1.165) is 18.7 Å². The van der Waals surface area contributed by atoms with Crippen LogP contribution in [0.2, 0.25) is 0 Å². The number of hydrogen-bond donors (Lipinski definition) is 1. The third kappa shape index (κ3) is 6.10. The molecular formula is C15H23NOS. The van der Waals surface area contributed by atoms with Crippen molar-refractivity contribution in [2.24, 2.45) is 0 Å². The highest BCUT2D eigenvalue weighted by Crippen LogP contribution is 2.17. The van der Waals surface area contributed by atoms with Gasteiger partial charge >= 0.3 is 0 Å². The van der Waals surface area contributed by atoms with Gasteiger partial charge in [-0.15, -0.1) is 11.8 Å². The van der Waals surface area contributed by atoms with Gasteiger partial charge in [-0.25, -0.2) is 0 Å². The second-order valence-corrected chi connectivity index (χ2v) is 5.77. The summed E-state index contributed by atoms with van der Waals surface area (Å²) < 4.78 is 0. The molecule has 0 bridgehead atoms. The third-order valence-electron chi connectivity index (χ3n) is 2.79. The fourth-order valence-corrected chi connectivity index (χ4v) is 2.47. The molecule has 0 heterocycles. The zero-order valence-electron chi connectivity index (χ0n) is 11.3. The average molecular weight is 265 g/mol. The molecule has 0 saturated carbocycles. The Bertz CT molecular complexity index is 340. The SMILES string of the molecule is CCCCCNC(=O)[C@@H](C)SCc1ccccc1. The van der Waals surface area contributed by atoms with Gasteiger partial charge in [0, 0.05) is 12.3 Å². The number of amides is 1. The molecule has 0 aliphatic carbocycles. The predicted molar refractivity (Wildman–Crippen MR) is 79.7 cm³/mol. The zero-order chi connectivity index (χ0) is 13.2. The van der Waals surface area contributed by atoms with Crippen molar-refractivity contribution in [1.82, 2.24) is 5.32 Å². The largest absolute Gasteiger partial charge is 0.355 e. The highest BCUT2D eigenvalue weighted by molar-refractivity contribution is 7.99. The van der Waals surface area contributed by atoms with E-state index in [1.807, 2.05) is 25.1 Å². The van der Waals surface area contributed by atoms with Crippen LogP contribution in [0, 0.1) is 0 Å². The maximum Gasteiger partial charge on any atom is 0.232 e. The van der Waals surface area contributed by atoms with Crippen molar-refractivity contribution in [3.8, 4) is 0 Å². The molecule has 1 amide bonds. The van der Waals surface area contributed by atoms with Crippen molar-refractivity contribution < 1.29 is 4.79 Å². The number of thioether (sulfide) groups is 1. The van der Waals surface area contributed by atoms with Gasteiger partial charge in [0.05, 0.1) is 5.25 Å². The molecular weight excluding hydrogens is 242 g/mol. The number of rotatable bonds is 8. The lowest BCUT2D eigenvalue weighted by Crippen LogP contribution is -2.31. The Morgan fingerprint density at radius 2 is 2.00 bits per heavy atom. The predicted octanol–water partition coefficient (Wildman–Crippen LogP) is 3.61. The molecule has 0 spiro atoms.